The van der Waals surface area contributed by atoms with Crippen molar-refractivity contribution in [2.24, 2.45) is 0 Å². The summed E-state index contributed by atoms with van der Waals surface area (Å²) >= 11 is 1.11. The van der Waals surface area contributed by atoms with Gasteiger partial charge in [0.05, 0.1) is 12.1 Å². The van der Waals surface area contributed by atoms with E-state index in [4.69, 9.17) is 5.73 Å². The van der Waals surface area contributed by atoms with Crippen LogP contribution >= 0.6 is 11.3 Å². The number of nitrogen functional groups attached to an aromatic ring is 1. The molecule has 18 heavy (non-hydrogen) atoms. The van der Waals surface area contributed by atoms with Crippen LogP contribution in [0.15, 0.2) is 15.7 Å². The topological polar surface area (TPSA) is 83.6 Å². The summed E-state index contributed by atoms with van der Waals surface area (Å²) < 4.78 is 26.3. The number of nitrogens with two attached hydrogens (primary N) is 1. The molecule has 0 amide bonds. The molecule has 2 unspecified atom stereocenters. The summed E-state index contributed by atoms with van der Waals surface area (Å²) in [5.41, 5.74) is 6.01. The average molecular weight is 290 g/mol. The first kappa shape index (κ1) is 13.8. The Hall–Kier alpha value is -0.630. The third-order valence-electron chi connectivity index (χ3n) is 3.39. The molecule has 2 atom stereocenters. The normalized spacial score (nSPS) is 25.5. The fourth-order valence-electron chi connectivity index (χ4n) is 2.30. The maximum Gasteiger partial charge on any atom is 0.252 e. The van der Waals surface area contributed by atoms with Gasteiger partial charge in [-0.2, -0.15) is 4.31 Å². The minimum Gasteiger partial charge on any atom is -0.398 e. The van der Waals surface area contributed by atoms with Gasteiger partial charge in [0.15, 0.2) is 0 Å². The second kappa shape index (κ2) is 5.16. The van der Waals surface area contributed by atoms with E-state index in [0.717, 1.165) is 24.2 Å². The van der Waals surface area contributed by atoms with E-state index in [2.05, 4.69) is 0 Å². The van der Waals surface area contributed by atoms with Gasteiger partial charge in [-0.3, -0.25) is 0 Å². The fraction of sp³-hybridized carbons (Fsp3) is 0.636. The van der Waals surface area contributed by atoms with Crippen LogP contribution in [0, 0.1) is 0 Å². The van der Waals surface area contributed by atoms with Crippen LogP contribution in [0.4, 0.5) is 5.69 Å². The summed E-state index contributed by atoms with van der Waals surface area (Å²) in [5.74, 6) is 0. The number of anilines is 1. The summed E-state index contributed by atoms with van der Waals surface area (Å²) in [5, 5.41) is 11.5. The lowest BCUT2D eigenvalue weighted by atomic mass is 9.93. The predicted molar refractivity (Wildman–Crippen MR) is 71.9 cm³/mol. The molecule has 102 valence electrons. The third-order valence-corrected chi connectivity index (χ3v) is 6.71. The zero-order chi connectivity index (χ0) is 13.3. The third kappa shape index (κ3) is 2.54. The van der Waals surface area contributed by atoms with Gasteiger partial charge in [0.1, 0.15) is 4.21 Å². The van der Waals surface area contributed by atoms with Gasteiger partial charge >= 0.3 is 0 Å². The van der Waals surface area contributed by atoms with Crippen molar-refractivity contribution in [1.29, 1.82) is 0 Å². The Labute approximate surface area is 111 Å². The highest BCUT2D eigenvalue weighted by molar-refractivity contribution is 7.91. The molecule has 1 aliphatic rings. The Bertz CT molecular complexity index is 512. The van der Waals surface area contributed by atoms with Crippen LogP contribution in [0.2, 0.25) is 0 Å². The van der Waals surface area contributed by atoms with Gasteiger partial charge in [-0.1, -0.05) is 12.8 Å². The Morgan fingerprint density at radius 1 is 1.44 bits per heavy atom. The van der Waals surface area contributed by atoms with Gasteiger partial charge in [0, 0.05) is 18.1 Å². The monoisotopic (exact) mass is 290 g/mol. The molecular weight excluding hydrogens is 272 g/mol. The molecule has 0 spiro atoms. The van der Waals surface area contributed by atoms with Crippen LogP contribution in [0.1, 0.15) is 25.7 Å². The van der Waals surface area contributed by atoms with Crippen LogP contribution in [0.25, 0.3) is 0 Å². The minimum absolute atomic E-state index is 0.236. The highest BCUT2D eigenvalue weighted by atomic mass is 32.2. The number of hydrogen-bond donors (Lipinski definition) is 2. The van der Waals surface area contributed by atoms with Crippen LogP contribution in [0.3, 0.4) is 0 Å². The molecule has 1 fully saturated rings. The van der Waals surface area contributed by atoms with Crippen molar-refractivity contribution in [2.75, 3.05) is 12.8 Å². The van der Waals surface area contributed by atoms with E-state index in [1.165, 1.54) is 17.4 Å². The SMILES string of the molecule is CN(C1CCCCC1O)S(=O)(=O)c1cc(N)cs1. The Kier molecular flexibility index (Phi) is 3.96. The predicted octanol–water partition coefficient (Wildman–Crippen LogP) is 1.25. The van der Waals surface area contributed by atoms with E-state index >= 15 is 0 Å². The van der Waals surface area contributed by atoms with Gasteiger partial charge in [0.2, 0.25) is 0 Å². The lowest BCUT2D eigenvalue weighted by Gasteiger charge is -2.34. The summed E-state index contributed by atoms with van der Waals surface area (Å²) in [7, 11) is -2.01. The molecule has 0 aliphatic heterocycles. The quantitative estimate of drug-likeness (QED) is 0.877. The number of aliphatic hydroxyl groups excluding tert-OH is 1. The highest BCUT2D eigenvalue weighted by Crippen LogP contribution is 2.30. The van der Waals surface area contributed by atoms with E-state index < -0.39 is 16.1 Å². The molecule has 1 aromatic rings. The van der Waals surface area contributed by atoms with E-state index in [-0.39, 0.29) is 10.3 Å². The largest absolute Gasteiger partial charge is 0.398 e. The van der Waals surface area contributed by atoms with Crippen molar-refractivity contribution >= 4 is 27.0 Å². The number of thiophene rings is 1. The zero-order valence-electron chi connectivity index (χ0n) is 10.2. The first-order valence-corrected chi connectivity index (χ1v) is 8.25. The Balaban J connectivity index is 2.24. The van der Waals surface area contributed by atoms with Gasteiger partial charge < -0.3 is 10.8 Å². The molecule has 2 rings (SSSR count). The fourth-order valence-corrected chi connectivity index (χ4v) is 4.98. The van der Waals surface area contributed by atoms with Crippen molar-refractivity contribution in [1.82, 2.24) is 4.31 Å². The van der Waals surface area contributed by atoms with E-state index in [9.17, 15) is 13.5 Å². The van der Waals surface area contributed by atoms with Crippen LogP contribution in [-0.2, 0) is 10.0 Å². The molecule has 0 radical (unpaired) electrons. The van der Waals surface area contributed by atoms with Crippen LogP contribution in [0.5, 0.6) is 0 Å². The summed E-state index contributed by atoms with van der Waals surface area (Å²) in [4.78, 5) is 0. The minimum atomic E-state index is -3.54. The van der Waals surface area contributed by atoms with Crippen molar-refractivity contribution in [3.8, 4) is 0 Å². The maximum absolute atomic E-state index is 12.4. The number of likely N-dealkylation sites (N-methyl/N-ethyl adjacent to an activating group) is 1. The van der Waals surface area contributed by atoms with Crippen molar-refractivity contribution in [3.05, 3.63) is 11.4 Å². The molecule has 1 aromatic heterocycles. The van der Waals surface area contributed by atoms with E-state index in [1.807, 2.05) is 0 Å². The summed E-state index contributed by atoms with van der Waals surface area (Å²) in [6.07, 6.45) is 2.71. The average Bonchev–Trinajstić information content (AvgIpc) is 2.76. The van der Waals surface area contributed by atoms with Gasteiger partial charge in [-0.25, -0.2) is 8.42 Å². The Morgan fingerprint density at radius 2 is 2.11 bits per heavy atom. The summed E-state index contributed by atoms with van der Waals surface area (Å²) in [6.45, 7) is 0. The highest BCUT2D eigenvalue weighted by Gasteiger charge is 2.34. The Morgan fingerprint density at radius 3 is 2.67 bits per heavy atom. The summed E-state index contributed by atoms with van der Waals surface area (Å²) in [6, 6.07) is 1.14. The molecule has 5 nitrogen and oxygen atoms in total. The zero-order valence-corrected chi connectivity index (χ0v) is 11.9. The molecule has 0 aromatic carbocycles. The number of rotatable bonds is 3. The number of nitrogens with zero attached hydrogens (tertiary/aromatic N) is 1. The number of aliphatic hydroxyl groups is 1. The molecule has 1 heterocycles. The van der Waals surface area contributed by atoms with Gasteiger partial charge in [-0.15, -0.1) is 11.3 Å². The molecule has 0 saturated heterocycles. The first-order valence-electron chi connectivity index (χ1n) is 5.93. The van der Waals surface area contributed by atoms with Crippen molar-refractivity contribution < 1.29 is 13.5 Å². The molecule has 1 aliphatic carbocycles. The van der Waals surface area contributed by atoms with Crippen molar-refractivity contribution in [3.63, 3.8) is 0 Å². The van der Waals surface area contributed by atoms with Gasteiger partial charge in [0.25, 0.3) is 10.0 Å². The smallest absolute Gasteiger partial charge is 0.252 e. The molecule has 7 heteroatoms. The van der Waals surface area contributed by atoms with Crippen LogP contribution < -0.4 is 5.73 Å². The molecule has 1 saturated carbocycles. The van der Waals surface area contributed by atoms with E-state index in [1.54, 1.807) is 5.38 Å². The standard InChI is InChI=1S/C11H18N2O3S2/c1-13(9-4-2-3-5-10(9)14)18(15,16)11-6-8(12)7-17-11/h6-7,9-10,14H,2-5,12H2,1H3. The van der Waals surface area contributed by atoms with Gasteiger partial charge in [-0.05, 0) is 18.9 Å². The second-order valence-corrected chi connectivity index (χ2v) is 7.78. The van der Waals surface area contributed by atoms with Crippen LogP contribution in [-0.4, -0.2) is 37.0 Å². The molecular formula is C11H18N2O3S2. The molecule has 0 bridgehead atoms. The number of hydrogen-bond acceptors (Lipinski definition) is 5. The maximum atomic E-state index is 12.4. The first-order chi connectivity index (χ1) is 8.43. The molecule has 3 N–H and O–H groups in total. The number of sulfonamides is 1. The van der Waals surface area contributed by atoms with Crippen molar-refractivity contribution in [2.45, 2.75) is 42.0 Å². The lowest BCUT2D eigenvalue weighted by Crippen LogP contribution is -2.45. The lowest BCUT2D eigenvalue weighted by molar-refractivity contribution is 0.0639. The second-order valence-electron chi connectivity index (χ2n) is 4.64. The van der Waals surface area contributed by atoms with E-state index in [0.29, 0.717) is 18.5 Å².